The van der Waals surface area contributed by atoms with E-state index < -0.39 is 11.6 Å². The van der Waals surface area contributed by atoms with Crippen LogP contribution >= 0.6 is 0 Å². The van der Waals surface area contributed by atoms with Crippen molar-refractivity contribution in [2.75, 3.05) is 46.7 Å². The van der Waals surface area contributed by atoms with Crippen LogP contribution in [0, 0.1) is 11.6 Å². The van der Waals surface area contributed by atoms with E-state index >= 15 is 0 Å². The van der Waals surface area contributed by atoms with Gasteiger partial charge in [0, 0.05) is 24.5 Å². The lowest BCUT2D eigenvalue weighted by atomic mass is 10.2. The molecule has 1 N–H and O–H groups in total. The van der Waals surface area contributed by atoms with Crippen LogP contribution in [0.5, 0.6) is 11.5 Å². The maximum absolute atomic E-state index is 13.5. The first-order valence-corrected chi connectivity index (χ1v) is 9.36. The summed E-state index contributed by atoms with van der Waals surface area (Å²) in [5, 5.41) is 4.12. The average Bonchev–Trinajstić information content (AvgIpc) is 2.73. The highest BCUT2D eigenvalue weighted by molar-refractivity contribution is 5.92. The Bertz CT molecular complexity index is 1070. The molecule has 3 aromatic rings. The molecule has 158 valence electrons. The highest BCUT2D eigenvalue weighted by Crippen LogP contribution is 2.34. The normalized spacial score (nSPS) is 11.4. The Morgan fingerprint density at radius 2 is 1.70 bits per heavy atom. The molecule has 1 heterocycles. The molecule has 0 saturated heterocycles. The van der Waals surface area contributed by atoms with Gasteiger partial charge in [-0.1, -0.05) is 12.1 Å². The van der Waals surface area contributed by atoms with Crippen LogP contribution in [0.1, 0.15) is 11.4 Å². The highest BCUT2D eigenvalue weighted by Gasteiger charge is 2.12. The molecule has 0 spiro atoms. The first-order chi connectivity index (χ1) is 14.4. The van der Waals surface area contributed by atoms with Gasteiger partial charge in [-0.15, -0.1) is 0 Å². The summed E-state index contributed by atoms with van der Waals surface area (Å²) in [7, 11) is 7.11. The summed E-state index contributed by atoms with van der Waals surface area (Å²) in [6.45, 7) is 1.50. The van der Waals surface area contributed by atoms with Gasteiger partial charge in [0.15, 0.2) is 29.0 Å². The van der Waals surface area contributed by atoms with E-state index in [1.807, 2.05) is 20.2 Å². The lowest BCUT2D eigenvalue weighted by molar-refractivity contribution is 0.356. The molecule has 8 heteroatoms. The summed E-state index contributed by atoms with van der Waals surface area (Å²) in [4.78, 5) is 11.2. The number of methoxy groups -OCH3 is 2. The molecule has 0 radical (unpaired) electrons. The maximum atomic E-state index is 13.5. The molecular weight excluding hydrogens is 390 g/mol. The number of nitrogens with one attached hydrogen (secondary N) is 1. The van der Waals surface area contributed by atoms with E-state index in [1.165, 1.54) is 6.07 Å². The molecule has 0 aliphatic carbocycles. The van der Waals surface area contributed by atoms with Crippen LogP contribution in [0.15, 0.2) is 30.3 Å². The molecule has 0 unspecified atom stereocenters. The predicted octanol–water partition coefficient (Wildman–Crippen LogP) is 4.07. The van der Waals surface area contributed by atoms with Crippen LogP contribution in [-0.4, -0.2) is 56.3 Å². The Hall–Kier alpha value is -3.26. The van der Waals surface area contributed by atoms with Crippen LogP contribution in [0.2, 0.25) is 0 Å². The quantitative estimate of drug-likeness (QED) is 0.600. The average molecular weight is 414 g/mol. The van der Waals surface area contributed by atoms with Crippen LogP contribution in [0.4, 0.5) is 14.6 Å². The molecule has 2 aromatic carbocycles. The van der Waals surface area contributed by atoms with Gasteiger partial charge in [-0.25, -0.2) is 18.7 Å². The van der Waals surface area contributed by atoms with Gasteiger partial charge in [-0.2, -0.15) is 0 Å². The van der Waals surface area contributed by atoms with Gasteiger partial charge in [0.25, 0.3) is 0 Å². The third kappa shape index (κ3) is 5.01. The molecule has 0 aliphatic heterocycles. The zero-order valence-corrected chi connectivity index (χ0v) is 17.4. The van der Waals surface area contributed by atoms with E-state index in [-0.39, 0.29) is 0 Å². The number of likely N-dealkylation sites (N-methyl/N-ethyl adjacent to an activating group) is 1. The zero-order chi connectivity index (χ0) is 21.7. The van der Waals surface area contributed by atoms with Gasteiger partial charge in [0.05, 0.1) is 19.7 Å². The number of benzene rings is 2. The Labute approximate surface area is 174 Å². The summed E-state index contributed by atoms with van der Waals surface area (Å²) < 4.78 is 37.4. The van der Waals surface area contributed by atoms with E-state index in [0.717, 1.165) is 24.1 Å². The summed E-state index contributed by atoms with van der Waals surface area (Å²) in [6.07, 6.45) is 3.29. The van der Waals surface area contributed by atoms with Crippen molar-refractivity contribution >= 4 is 28.9 Å². The van der Waals surface area contributed by atoms with Crippen molar-refractivity contribution in [3.8, 4) is 11.5 Å². The van der Waals surface area contributed by atoms with Crippen molar-refractivity contribution < 1.29 is 18.3 Å². The Morgan fingerprint density at radius 3 is 2.37 bits per heavy atom. The van der Waals surface area contributed by atoms with Crippen molar-refractivity contribution in [2.24, 2.45) is 0 Å². The molecule has 3 rings (SSSR count). The van der Waals surface area contributed by atoms with Gasteiger partial charge in [-0.05, 0) is 43.9 Å². The molecule has 6 nitrogen and oxygen atoms in total. The molecular formula is C22H24F2N4O2. The number of rotatable bonds is 8. The van der Waals surface area contributed by atoms with Crippen LogP contribution in [-0.2, 0) is 0 Å². The minimum Gasteiger partial charge on any atom is -0.493 e. The second-order valence-corrected chi connectivity index (χ2v) is 6.89. The largest absolute Gasteiger partial charge is 0.493 e. The second-order valence-electron chi connectivity index (χ2n) is 6.89. The summed E-state index contributed by atoms with van der Waals surface area (Å²) in [5.74, 6) is 0.411. The van der Waals surface area contributed by atoms with Crippen LogP contribution in [0.25, 0.3) is 23.1 Å². The fraction of sp³-hybridized carbons (Fsp3) is 0.273. The molecule has 0 aliphatic rings. The lowest BCUT2D eigenvalue weighted by Crippen LogP contribution is -2.21. The number of aromatic nitrogens is 2. The number of anilines is 1. The van der Waals surface area contributed by atoms with Gasteiger partial charge < -0.3 is 19.7 Å². The third-order valence-electron chi connectivity index (χ3n) is 4.44. The molecule has 0 bridgehead atoms. The van der Waals surface area contributed by atoms with E-state index in [2.05, 4.69) is 20.2 Å². The van der Waals surface area contributed by atoms with Gasteiger partial charge in [-0.3, -0.25) is 0 Å². The van der Waals surface area contributed by atoms with Crippen molar-refractivity contribution in [3.63, 3.8) is 0 Å². The zero-order valence-electron chi connectivity index (χ0n) is 17.4. The topological polar surface area (TPSA) is 59.5 Å². The van der Waals surface area contributed by atoms with E-state index in [4.69, 9.17) is 9.47 Å². The van der Waals surface area contributed by atoms with Crippen molar-refractivity contribution in [1.82, 2.24) is 14.9 Å². The first kappa shape index (κ1) is 21.4. The molecule has 0 fully saturated rings. The van der Waals surface area contributed by atoms with Crippen molar-refractivity contribution in [2.45, 2.75) is 0 Å². The molecule has 30 heavy (non-hydrogen) atoms. The number of ether oxygens (including phenoxy) is 2. The summed E-state index contributed by atoms with van der Waals surface area (Å²) in [5.41, 5.74) is 1.17. The van der Waals surface area contributed by atoms with E-state index in [1.54, 1.807) is 32.4 Å². The van der Waals surface area contributed by atoms with Crippen molar-refractivity contribution in [1.29, 1.82) is 0 Å². The molecule has 0 amide bonds. The Morgan fingerprint density at radius 1 is 0.967 bits per heavy atom. The molecule has 0 atom stereocenters. The van der Waals surface area contributed by atoms with E-state index in [9.17, 15) is 8.78 Å². The summed E-state index contributed by atoms with van der Waals surface area (Å²) >= 11 is 0. The number of fused-ring (bicyclic) bond motifs is 1. The van der Waals surface area contributed by atoms with Gasteiger partial charge >= 0.3 is 0 Å². The Balaban J connectivity index is 2.02. The van der Waals surface area contributed by atoms with E-state index in [0.29, 0.717) is 40.8 Å². The number of hydrogen-bond donors (Lipinski definition) is 1. The fourth-order valence-electron chi connectivity index (χ4n) is 2.87. The lowest BCUT2D eigenvalue weighted by Gasteiger charge is -2.14. The first-order valence-electron chi connectivity index (χ1n) is 9.36. The van der Waals surface area contributed by atoms with Crippen molar-refractivity contribution in [3.05, 3.63) is 53.4 Å². The number of hydrogen-bond acceptors (Lipinski definition) is 6. The number of halogens is 2. The second kappa shape index (κ2) is 9.49. The maximum Gasteiger partial charge on any atom is 0.162 e. The SMILES string of the molecule is COc1cc2nc(C=Cc3ccc(F)c(F)c3)nc(NCCN(C)C)c2cc1OC. The predicted molar refractivity (Wildman–Crippen MR) is 115 cm³/mol. The third-order valence-corrected chi connectivity index (χ3v) is 4.44. The summed E-state index contributed by atoms with van der Waals surface area (Å²) in [6, 6.07) is 7.30. The Kier molecular flexibility index (Phi) is 6.79. The minimum absolute atomic E-state index is 0.423. The monoisotopic (exact) mass is 414 g/mol. The van der Waals surface area contributed by atoms with Gasteiger partial charge in [0.2, 0.25) is 0 Å². The molecule has 1 aromatic heterocycles. The standard InChI is InChI=1S/C22H24F2N4O2/c1-28(2)10-9-25-22-15-12-19(29-3)20(30-4)13-18(15)26-21(27-22)8-6-14-5-7-16(23)17(24)11-14/h5-8,11-13H,9-10H2,1-4H3,(H,25,26,27). The van der Waals surface area contributed by atoms with Crippen LogP contribution in [0.3, 0.4) is 0 Å². The fourth-order valence-corrected chi connectivity index (χ4v) is 2.87. The smallest absolute Gasteiger partial charge is 0.162 e. The van der Waals surface area contributed by atoms with Crippen LogP contribution < -0.4 is 14.8 Å². The minimum atomic E-state index is -0.903. The van der Waals surface area contributed by atoms with Gasteiger partial charge in [0.1, 0.15) is 5.82 Å². The number of nitrogens with zero attached hydrogens (tertiary/aromatic N) is 3. The highest BCUT2D eigenvalue weighted by atomic mass is 19.2. The molecule has 0 saturated carbocycles.